The van der Waals surface area contributed by atoms with Gasteiger partial charge in [0, 0.05) is 0 Å². The van der Waals surface area contributed by atoms with Gasteiger partial charge in [-0.25, -0.2) is 4.18 Å². The van der Waals surface area contributed by atoms with Crippen molar-refractivity contribution in [3.63, 3.8) is 0 Å². The van der Waals surface area contributed by atoms with Gasteiger partial charge in [-0.15, -0.1) is 0 Å². The van der Waals surface area contributed by atoms with Crippen LogP contribution in [-0.4, -0.2) is 21.6 Å². The van der Waals surface area contributed by atoms with Crippen LogP contribution >= 0.6 is 0 Å². The number of hydrogen-bond donors (Lipinski definition) is 0. The first kappa shape index (κ1) is 9.87. The van der Waals surface area contributed by atoms with Crippen LogP contribution in [0.3, 0.4) is 0 Å². The lowest BCUT2D eigenvalue weighted by atomic mass is 10.3. The standard InChI is InChI=1S/C5H12O4S/c1-4-5(2)9-10(6,7)8-3/h5H,4H2,1-3H3. The van der Waals surface area contributed by atoms with Crippen LogP contribution in [0, 0.1) is 0 Å². The van der Waals surface area contributed by atoms with Crippen LogP contribution in [0.25, 0.3) is 0 Å². The molecule has 0 aliphatic rings. The smallest absolute Gasteiger partial charge is 0.252 e. The average Bonchev–Trinajstić information content (AvgIpc) is 1.87. The molecule has 0 fully saturated rings. The van der Waals surface area contributed by atoms with E-state index in [2.05, 4.69) is 8.37 Å². The zero-order valence-electron chi connectivity index (χ0n) is 6.33. The van der Waals surface area contributed by atoms with E-state index in [-0.39, 0.29) is 6.10 Å². The fraction of sp³-hybridized carbons (Fsp3) is 1.00. The minimum atomic E-state index is -3.73. The highest BCUT2D eigenvalue weighted by Crippen LogP contribution is 2.02. The van der Waals surface area contributed by atoms with Gasteiger partial charge < -0.3 is 0 Å². The van der Waals surface area contributed by atoms with Gasteiger partial charge >= 0.3 is 10.4 Å². The van der Waals surface area contributed by atoms with E-state index in [1.54, 1.807) is 6.92 Å². The maximum Gasteiger partial charge on any atom is 0.399 e. The van der Waals surface area contributed by atoms with Crippen molar-refractivity contribution >= 4 is 10.4 Å². The van der Waals surface area contributed by atoms with Crippen LogP contribution < -0.4 is 0 Å². The van der Waals surface area contributed by atoms with E-state index in [1.165, 1.54) is 0 Å². The second-order valence-corrected chi connectivity index (χ2v) is 3.23. The third kappa shape index (κ3) is 3.81. The molecule has 0 aliphatic heterocycles. The maximum atomic E-state index is 10.5. The van der Waals surface area contributed by atoms with Crippen molar-refractivity contribution in [3.05, 3.63) is 0 Å². The molecule has 0 aromatic rings. The first-order chi connectivity index (χ1) is 4.52. The highest BCUT2D eigenvalue weighted by atomic mass is 32.3. The second-order valence-electron chi connectivity index (χ2n) is 1.89. The van der Waals surface area contributed by atoms with E-state index in [0.717, 1.165) is 7.11 Å². The zero-order chi connectivity index (χ0) is 8.20. The quantitative estimate of drug-likeness (QED) is 0.619. The molecule has 0 aromatic carbocycles. The predicted octanol–water partition coefficient (Wildman–Crippen LogP) is 0.693. The van der Waals surface area contributed by atoms with E-state index in [0.29, 0.717) is 6.42 Å². The average molecular weight is 168 g/mol. The predicted molar refractivity (Wildman–Crippen MR) is 36.8 cm³/mol. The summed E-state index contributed by atoms with van der Waals surface area (Å²) in [4.78, 5) is 0. The molecular formula is C5H12O4S. The summed E-state index contributed by atoms with van der Waals surface area (Å²) in [6.07, 6.45) is 0.327. The van der Waals surface area contributed by atoms with Gasteiger partial charge in [-0.1, -0.05) is 6.92 Å². The molecule has 1 atom stereocenters. The third-order valence-electron chi connectivity index (χ3n) is 1.06. The Labute approximate surface area is 61.5 Å². The SMILES string of the molecule is CCC(C)OS(=O)(=O)OC. The lowest BCUT2D eigenvalue weighted by Gasteiger charge is -2.07. The van der Waals surface area contributed by atoms with Gasteiger partial charge in [-0.3, -0.25) is 4.18 Å². The molecule has 0 amide bonds. The van der Waals surface area contributed by atoms with Crippen molar-refractivity contribution in [3.8, 4) is 0 Å². The fourth-order valence-corrected chi connectivity index (χ4v) is 0.926. The van der Waals surface area contributed by atoms with E-state index in [9.17, 15) is 8.42 Å². The Balaban J connectivity index is 3.90. The van der Waals surface area contributed by atoms with E-state index in [1.807, 2.05) is 6.92 Å². The molecule has 5 heteroatoms. The molecule has 0 heterocycles. The Morgan fingerprint density at radius 1 is 1.50 bits per heavy atom. The highest BCUT2D eigenvalue weighted by molar-refractivity contribution is 7.81. The summed E-state index contributed by atoms with van der Waals surface area (Å²) >= 11 is 0. The summed E-state index contributed by atoms with van der Waals surface area (Å²) in [6.45, 7) is 3.49. The van der Waals surface area contributed by atoms with Gasteiger partial charge in [0.25, 0.3) is 0 Å². The van der Waals surface area contributed by atoms with Crippen LogP contribution in [0.2, 0.25) is 0 Å². The van der Waals surface area contributed by atoms with Gasteiger partial charge in [0.15, 0.2) is 0 Å². The topological polar surface area (TPSA) is 52.6 Å². The minimum absolute atomic E-state index is 0.315. The van der Waals surface area contributed by atoms with Gasteiger partial charge in [0.1, 0.15) is 0 Å². The van der Waals surface area contributed by atoms with Crippen LogP contribution in [0.5, 0.6) is 0 Å². The summed E-state index contributed by atoms with van der Waals surface area (Å²) in [5, 5.41) is 0. The first-order valence-electron chi connectivity index (χ1n) is 3.00. The van der Waals surface area contributed by atoms with Gasteiger partial charge in [-0.2, -0.15) is 8.42 Å². The number of rotatable bonds is 4. The molecule has 0 spiro atoms. The van der Waals surface area contributed by atoms with E-state index >= 15 is 0 Å². The molecule has 0 N–H and O–H groups in total. The van der Waals surface area contributed by atoms with Crippen molar-refractivity contribution in [1.82, 2.24) is 0 Å². The van der Waals surface area contributed by atoms with Crippen molar-refractivity contribution in [2.75, 3.05) is 7.11 Å². The fourth-order valence-electron chi connectivity index (χ4n) is 0.309. The Kier molecular flexibility index (Phi) is 3.85. The maximum absolute atomic E-state index is 10.5. The normalized spacial score (nSPS) is 15.1. The second kappa shape index (κ2) is 3.90. The first-order valence-corrected chi connectivity index (χ1v) is 4.34. The van der Waals surface area contributed by atoms with Crippen molar-refractivity contribution in [1.29, 1.82) is 0 Å². The van der Waals surface area contributed by atoms with Crippen molar-refractivity contribution < 1.29 is 16.8 Å². The van der Waals surface area contributed by atoms with Crippen LogP contribution in [0.1, 0.15) is 20.3 Å². The van der Waals surface area contributed by atoms with Crippen LogP contribution in [0.4, 0.5) is 0 Å². The van der Waals surface area contributed by atoms with Crippen molar-refractivity contribution in [2.24, 2.45) is 0 Å². The molecule has 4 nitrogen and oxygen atoms in total. The molecular weight excluding hydrogens is 156 g/mol. The summed E-state index contributed by atoms with van der Waals surface area (Å²) in [6, 6.07) is 0. The largest absolute Gasteiger partial charge is 0.399 e. The Bertz CT molecular complexity index is 172. The summed E-state index contributed by atoms with van der Waals surface area (Å²) in [5.41, 5.74) is 0. The molecule has 0 radical (unpaired) electrons. The Morgan fingerprint density at radius 3 is 2.30 bits per heavy atom. The van der Waals surface area contributed by atoms with E-state index < -0.39 is 10.4 Å². The minimum Gasteiger partial charge on any atom is -0.252 e. The molecule has 0 saturated heterocycles. The summed E-state index contributed by atoms with van der Waals surface area (Å²) in [7, 11) is -2.66. The van der Waals surface area contributed by atoms with Gasteiger partial charge in [0.05, 0.1) is 13.2 Å². The lowest BCUT2D eigenvalue weighted by Crippen LogP contribution is -2.15. The molecule has 0 aliphatic carbocycles. The van der Waals surface area contributed by atoms with Crippen molar-refractivity contribution in [2.45, 2.75) is 26.4 Å². The third-order valence-corrected chi connectivity index (χ3v) is 2.03. The molecule has 1 unspecified atom stereocenters. The Morgan fingerprint density at radius 2 is 2.00 bits per heavy atom. The number of hydrogen-bond acceptors (Lipinski definition) is 4. The van der Waals surface area contributed by atoms with Crippen LogP contribution in [0.15, 0.2) is 0 Å². The van der Waals surface area contributed by atoms with Gasteiger partial charge in [-0.05, 0) is 13.3 Å². The molecule has 0 rings (SSSR count). The van der Waals surface area contributed by atoms with E-state index in [4.69, 9.17) is 0 Å². The lowest BCUT2D eigenvalue weighted by molar-refractivity contribution is 0.180. The summed E-state index contributed by atoms with van der Waals surface area (Å²) in [5.74, 6) is 0. The molecule has 10 heavy (non-hydrogen) atoms. The van der Waals surface area contributed by atoms with Gasteiger partial charge in [0.2, 0.25) is 0 Å². The molecule has 0 aromatic heterocycles. The zero-order valence-corrected chi connectivity index (χ0v) is 7.14. The monoisotopic (exact) mass is 168 g/mol. The Hall–Kier alpha value is -0.130. The van der Waals surface area contributed by atoms with Crippen LogP contribution in [-0.2, 0) is 18.8 Å². The highest BCUT2D eigenvalue weighted by Gasteiger charge is 2.12. The summed E-state index contributed by atoms with van der Waals surface area (Å²) < 4.78 is 29.6. The molecule has 0 saturated carbocycles. The molecule has 62 valence electrons. The molecule has 0 bridgehead atoms.